The summed E-state index contributed by atoms with van der Waals surface area (Å²) < 4.78 is 0. The molecule has 0 aromatic heterocycles. The minimum absolute atomic E-state index is 0.352. The van der Waals surface area contributed by atoms with Gasteiger partial charge in [-0.05, 0) is 43.9 Å². The summed E-state index contributed by atoms with van der Waals surface area (Å²) in [7, 11) is 0. The van der Waals surface area contributed by atoms with E-state index >= 15 is 0 Å². The molecule has 2 N–H and O–H groups in total. The van der Waals surface area contributed by atoms with Crippen molar-refractivity contribution in [2.24, 2.45) is 17.6 Å². The van der Waals surface area contributed by atoms with Crippen LogP contribution in [0.3, 0.4) is 0 Å². The van der Waals surface area contributed by atoms with Gasteiger partial charge in [0.25, 0.3) is 0 Å². The summed E-state index contributed by atoms with van der Waals surface area (Å²) >= 11 is 0. The van der Waals surface area contributed by atoms with E-state index in [0.717, 1.165) is 24.4 Å². The third-order valence-electron chi connectivity index (χ3n) is 4.37. The van der Waals surface area contributed by atoms with Crippen molar-refractivity contribution in [3.8, 4) is 0 Å². The summed E-state index contributed by atoms with van der Waals surface area (Å²) in [5.74, 6) is 1.64. The van der Waals surface area contributed by atoms with E-state index < -0.39 is 0 Å². The van der Waals surface area contributed by atoms with Gasteiger partial charge in [-0.2, -0.15) is 0 Å². The second kappa shape index (κ2) is 4.66. The lowest BCUT2D eigenvalue weighted by Gasteiger charge is -2.42. The van der Waals surface area contributed by atoms with Gasteiger partial charge >= 0.3 is 0 Å². The first kappa shape index (κ1) is 12.4. The lowest BCUT2D eigenvalue weighted by Crippen LogP contribution is -2.54. The topological polar surface area (TPSA) is 29.3 Å². The van der Waals surface area contributed by atoms with E-state index in [0.29, 0.717) is 5.54 Å². The monoisotopic (exact) mass is 224 g/mol. The summed E-state index contributed by atoms with van der Waals surface area (Å²) in [5.41, 5.74) is 6.48. The first-order chi connectivity index (χ1) is 7.57. The van der Waals surface area contributed by atoms with Crippen molar-refractivity contribution in [2.75, 3.05) is 13.1 Å². The zero-order valence-electron chi connectivity index (χ0n) is 11.2. The Morgan fingerprint density at radius 2 is 2.00 bits per heavy atom. The van der Waals surface area contributed by atoms with Crippen LogP contribution in [0.2, 0.25) is 0 Å². The molecule has 2 heteroatoms. The van der Waals surface area contributed by atoms with Gasteiger partial charge in [-0.25, -0.2) is 0 Å². The fraction of sp³-hybridized carbons (Fsp3) is 1.00. The Balaban J connectivity index is 2.09. The molecule has 16 heavy (non-hydrogen) atoms. The van der Waals surface area contributed by atoms with E-state index in [1.54, 1.807) is 0 Å². The maximum Gasteiger partial charge on any atom is 0.0337 e. The molecule has 0 aromatic rings. The maximum atomic E-state index is 6.13. The van der Waals surface area contributed by atoms with Crippen LogP contribution in [0.1, 0.15) is 52.9 Å². The van der Waals surface area contributed by atoms with Gasteiger partial charge in [-0.1, -0.05) is 20.8 Å². The molecule has 2 fully saturated rings. The molecule has 0 spiro atoms. The summed E-state index contributed by atoms with van der Waals surface area (Å²) in [6.45, 7) is 9.16. The predicted molar refractivity (Wildman–Crippen MR) is 69.4 cm³/mol. The van der Waals surface area contributed by atoms with Crippen molar-refractivity contribution in [2.45, 2.75) is 64.5 Å². The van der Waals surface area contributed by atoms with E-state index in [2.05, 4.69) is 25.7 Å². The van der Waals surface area contributed by atoms with E-state index in [1.165, 1.54) is 38.6 Å². The predicted octanol–water partition coefficient (Wildman–Crippen LogP) is 2.62. The Morgan fingerprint density at radius 3 is 2.38 bits per heavy atom. The van der Waals surface area contributed by atoms with Crippen LogP contribution in [0.15, 0.2) is 0 Å². The van der Waals surface area contributed by atoms with Gasteiger partial charge in [0, 0.05) is 24.7 Å². The Bertz CT molecular complexity index is 235. The molecule has 0 bridgehead atoms. The highest BCUT2D eigenvalue weighted by atomic mass is 15.3. The Morgan fingerprint density at radius 1 is 1.31 bits per heavy atom. The summed E-state index contributed by atoms with van der Waals surface area (Å²) in [5, 5.41) is 0. The molecule has 2 atom stereocenters. The molecule has 2 aliphatic carbocycles. The van der Waals surface area contributed by atoms with Crippen molar-refractivity contribution in [1.29, 1.82) is 0 Å². The molecular weight excluding hydrogens is 196 g/mol. The van der Waals surface area contributed by atoms with Crippen molar-refractivity contribution >= 4 is 0 Å². The van der Waals surface area contributed by atoms with Gasteiger partial charge in [0.15, 0.2) is 0 Å². The average molecular weight is 224 g/mol. The second-order valence-electron chi connectivity index (χ2n) is 6.55. The molecular formula is C14H28N2. The highest BCUT2D eigenvalue weighted by molar-refractivity contribution is 5.03. The van der Waals surface area contributed by atoms with Crippen LogP contribution in [-0.4, -0.2) is 29.6 Å². The van der Waals surface area contributed by atoms with Crippen LogP contribution >= 0.6 is 0 Å². The Labute approximate surface area is 101 Å². The molecule has 2 aliphatic rings. The fourth-order valence-corrected chi connectivity index (χ4v) is 3.44. The number of nitrogens with zero attached hydrogens (tertiary/aromatic N) is 1. The molecule has 0 saturated heterocycles. The number of hydrogen-bond acceptors (Lipinski definition) is 2. The molecule has 0 amide bonds. The van der Waals surface area contributed by atoms with E-state index in [9.17, 15) is 0 Å². The standard InChI is InChI=1S/C14H28N2/c1-11(2)9-16(13-4-5-13)14(10-15)7-6-12(3)8-14/h11-13H,4-10,15H2,1-3H3. The summed E-state index contributed by atoms with van der Waals surface area (Å²) in [6, 6.07) is 0.858. The van der Waals surface area contributed by atoms with Crippen LogP contribution in [-0.2, 0) is 0 Å². The third-order valence-corrected chi connectivity index (χ3v) is 4.37. The van der Waals surface area contributed by atoms with Crippen LogP contribution in [0.4, 0.5) is 0 Å². The lowest BCUT2D eigenvalue weighted by atomic mass is 9.92. The summed E-state index contributed by atoms with van der Waals surface area (Å²) in [6.07, 6.45) is 6.84. The Kier molecular flexibility index (Phi) is 3.60. The molecule has 2 unspecified atom stereocenters. The third kappa shape index (κ3) is 2.43. The zero-order chi connectivity index (χ0) is 11.8. The molecule has 2 rings (SSSR count). The van der Waals surface area contributed by atoms with Crippen molar-refractivity contribution in [3.63, 3.8) is 0 Å². The summed E-state index contributed by atoms with van der Waals surface area (Å²) in [4.78, 5) is 2.78. The first-order valence-corrected chi connectivity index (χ1v) is 7.04. The minimum Gasteiger partial charge on any atom is -0.329 e. The van der Waals surface area contributed by atoms with Crippen molar-refractivity contribution in [1.82, 2.24) is 4.90 Å². The molecule has 0 aliphatic heterocycles. The SMILES string of the molecule is CC(C)CN(C1CC1)C1(CN)CCC(C)C1. The van der Waals surface area contributed by atoms with Gasteiger partial charge in [0.1, 0.15) is 0 Å². The lowest BCUT2D eigenvalue weighted by molar-refractivity contribution is 0.0734. The normalized spacial score (nSPS) is 35.2. The highest BCUT2D eigenvalue weighted by Gasteiger charge is 2.46. The number of nitrogens with two attached hydrogens (primary N) is 1. The average Bonchev–Trinajstić information content (AvgIpc) is 2.99. The largest absolute Gasteiger partial charge is 0.329 e. The van der Waals surface area contributed by atoms with Crippen LogP contribution < -0.4 is 5.73 Å². The van der Waals surface area contributed by atoms with Gasteiger partial charge < -0.3 is 5.73 Å². The van der Waals surface area contributed by atoms with Gasteiger partial charge in [-0.15, -0.1) is 0 Å². The van der Waals surface area contributed by atoms with E-state index in [1.807, 2.05) is 0 Å². The van der Waals surface area contributed by atoms with Crippen LogP contribution in [0.5, 0.6) is 0 Å². The number of rotatable bonds is 5. The van der Waals surface area contributed by atoms with Crippen LogP contribution in [0.25, 0.3) is 0 Å². The van der Waals surface area contributed by atoms with Crippen molar-refractivity contribution in [3.05, 3.63) is 0 Å². The second-order valence-corrected chi connectivity index (χ2v) is 6.55. The van der Waals surface area contributed by atoms with Crippen molar-refractivity contribution < 1.29 is 0 Å². The van der Waals surface area contributed by atoms with Gasteiger partial charge in [0.05, 0.1) is 0 Å². The van der Waals surface area contributed by atoms with E-state index in [4.69, 9.17) is 5.73 Å². The highest BCUT2D eigenvalue weighted by Crippen LogP contribution is 2.43. The quantitative estimate of drug-likeness (QED) is 0.778. The Hall–Kier alpha value is -0.0800. The fourth-order valence-electron chi connectivity index (χ4n) is 3.44. The molecule has 0 aromatic carbocycles. The zero-order valence-corrected chi connectivity index (χ0v) is 11.2. The smallest absolute Gasteiger partial charge is 0.0337 e. The van der Waals surface area contributed by atoms with Gasteiger partial charge in [0.2, 0.25) is 0 Å². The number of hydrogen-bond donors (Lipinski definition) is 1. The maximum absolute atomic E-state index is 6.13. The molecule has 2 saturated carbocycles. The molecule has 0 heterocycles. The first-order valence-electron chi connectivity index (χ1n) is 7.04. The van der Waals surface area contributed by atoms with Crippen LogP contribution in [0, 0.1) is 11.8 Å². The molecule has 94 valence electrons. The van der Waals surface area contributed by atoms with E-state index in [-0.39, 0.29) is 0 Å². The molecule has 0 radical (unpaired) electrons. The van der Waals surface area contributed by atoms with Gasteiger partial charge in [-0.3, -0.25) is 4.90 Å². The minimum atomic E-state index is 0.352. The molecule has 2 nitrogen and oxygen atoms in total.